The summed E-state index contributed by atoms with van der Waals surface area (Å²) < 4.78 is 4.02. The molecule has 2 N–H and O–H groups in total. The fraction of sp³-hybridized carbons (Fsp3) is 0.0769. The number of aryl methyl sites for hydroxylation is 1. The van der Waals surface area contributed by atoms with E-state index in [2.05, 4.69) is 38.5 Å². The number of nitrogens with zero attached hydrogens (tertiary/aromatic N) is 4. The maximum atomic E-state index is 5.90. The predicted molar refractivity (Wildman–Crippen MR) is 77.2 cm³/mol. The number of anilines is 1. The van der Waals surface area contributed by atoms with Gasteiger partial charge in [0.1, 0.15) is 0 Å². The molecule has 0 aliphatic heterocycles. The highest BCUT2D eigenvalue weighted by molar-refractivity contribution is 7.15. The molecule has 0 saturated heterocycles. The molecule has 3 aromatic heterocycles. The Hall–Kier alpha value is -2.34. The zero-order valence-corrected chi connectivity index (χ0v) is 11.1. The Morgan fingerprint density at radius 1 is 1.21 bits per heavy atom. The van der Waals surface area contributed by atoms with Gasteiger partial charge in [-0.2, -0.15) is 0 Å². The summed E-state index contributed by atoms with van der Waals surface area (Å²) in [4.78, 5) is 0.820. The van der Waals surface area contributed by atoms with Gasteiger partial charge in [-0.3, -0.25) is 4.40 Å². The van der Waals surface area contributed by atoms with Crippen molar-refractivity contribution in [2.75, 3.05) is 5.73 Å². The van der Waals surface area contributed by atoms with Gasteiger partial charge >= 0.3 is 0 Å². The van der Waals surface area contributed by atoms with Crippen LogP contribution < -0.4 is 5.73 Å². The fourth-order valence-corrected chi connectivity index (χ4v) is 3.31. The van der Waals surface area contributed by atoms with Crippen LogP contribution in [0, 0.1) is 0 Å². The van der Waals surface area contributed by atoms with Gasteiger partial charge in [-0.05, 0) is 6.07 Å². The molecule has 0 aliphatic carbocycles. The van der Waals surface area contributed by atoms with Gasteiger partial charge in [-0.15, -0.1) is 21.5 Å². The molecule has 0 amide bonds. The van der Waals surface area contributed by atoms with Crippen LogP contribution in [0.4, 0.5) is 5.95 Å². The molecule has 0 radical (unpaired) electrons. The average molecular weight is 269 g/mol. The number of rotatable bonds is 1. The van der Waals surface area contributed by atoms with Crippen molar-refractivity contribution >= 4 is 33.1 Å². The third-order valence-corrected chi connectivity index (χ3v) is 4.16. The predicted octanol–water partition coefficient (Wildman–Crippen LogP) is 2.53. The van der Waals surface area contributed by atoms with Gasteiger partial charge in [0.05, 0.1) is 5.69 Å². The molecule has 0 atom stereocenters. The minimum atomic E-state index is 0.430. The Bertz CT molecular complexity index is 898. The molecule has 3 heterocycles. The number of hydrogen-bond donors (Lipinski definition) is 1. The topological polar surface area (TPSA) is 61.1 Å². The second-order valence-electron chi connectivity index (χ2n) is 4.47. The second kappa shape index (κ2) is 3.58. The largest absolute Gasteiger partial charge is 0.368 e. The summed E-state index contributed by atoms with van der Waals surface area (Å²) in [6.45, 7) is 0. The third-order valence-electron chi connectivity index (χ3n) is 3.35. The lowest BCUT2D eigenvalue weighted by Gasteiger charge is -1.98. The normalized spacial score (nSPS) is 11.6. The highest BCUT2D eigenvalue weighted by Gasteiger charge is 2.15. The van der Waals surface area contributed by atoms with E-state index in [4.69, 9.17) is 5.73 Å². The highest BCUT2D eigenvalue weighted by atomic mass is 32.1. The number of fused-ring (bicyclic) bond motifs is 2. The van der Waals surface area contributed by atoms with E-state index >= 15 is 0 Å². The quantitative estimate of drug-likeness (QED) is 0.577. The smallest absolute Gasteiger partial charge is 0.227 e. The Kier molecular flexibility index (Phi) is 1.99. The summed E-state index contributed by atoms with van der Waals surface area (Å²) in [6.07, 6.45) is 2.12. The van der Waals surface area contributed by atoms with Crippen molar-refractivity contribution in [1.29, 1.82) is 0 Å². The molecule has 5 nitrogen and oxygen atoms in total. The van der Waals surface area contributed by atoms with Crippen molar-refractivity contribution in [3.05, 3.63) is 35.8 Å². The highest BCUT2D eigenvalue weighted by Crippen LogP contribution is 2.33. The average Bonchev–Trinajstić information content (AvgIpc) is 3.07. The van der Waals surface area contributed by atoms with Crippen LogP contribution in [-0.4, -0.2) is 19.2 Å². The molecule has 0 saturated carbocycles. The molecular formula is C13H11N5S. The molecule has 0 aliphatic rings. The van der Waals surface area contributed by atoms with E-state index in [-0.39, 0.29) is 0 Å². The standard InChI is InChI=1S/C13H11N5S/c1-17-6-9(8-4-2-3-5-10(8)17)11-7-19-13-16-15-12(14)18(11)13/h2-7H,1H3,(H2,14,15). The van der Waals surface area contributed by atoms with Crippen molar-refractivity contribution in [2.45, 2.75) is 0 Å². The number of benzene rings is 1. The zero-order valence-electron chi connectivity index (χ0n) is 10.2. The van der Waals surface area contributed by atoms with Crippen LogP contribution in [0.5, 0.6) is 0 Å². The minimum absolute atomic E-state index is 0.430. The summed E-state index contributed by atoms with van der Waals surface area (Å²) in [5, 5.41) is 11.3. The van der Waals surface area contributed by atoms with E-state index in [0.717, 1.165) is 16.2 Å². The van der Waals surface area contributed by atoms with Crippen LogP contribution in [0.25, 0.3) is 27.1 Å². The Morgan fingerprint density at radius 3 is 2.95 bits per heavy atom. The van der Waals surface area contributed by atoms with Gasteiger partial charge < -0.3 is 10.3 Å². The molecule has 1 aromatic carbocycles. The van der Waals surface area contributed by atoms with Crippen molar-refractivity contribution in [3.8, 4) is 11.3 Å². The molecule has 0 bridgehead atoms. The van der Waals surface area contributed by atoms with Gasteiger partial charge in [0, 0.05) is 35.1 Å². The first kappa shape index (κ1) is 10.6. The van der Waals surface area contributed by atoms with Gasteiger partial charge in [-0.1, -0.05) is 18.2 Å². The molecule has 19 heavy (non-hydrogen) atoms. The van der Waals surface area contributed by atoms with E-state index < -0.39 is 0 Å². The van der Waals surface area contributed by atoms with Crippen LogP contribution in [0.1, 0.15) is 0 Å². The van der Waals surface area contributed by atoms with Crippen LogP contribution in [0.3, 0.4) is 0 Å². The van der Waals surface area contributed by atoms with Crippen LogP contribution in [0.15, 0.2) is 35.8 Å². The number of aromatic nitrogens is 4. The lowest BCUT2D eigenvalue weighted by molar-refractivity contribution is 0.969. The maximum absolute atomic E-state index is 5.90. The van der Waals surface area contributed by atoms with Crippen LogP contribution in [-0.2, 0) is 7.05 Å². The van der Waals surface area contributed by atoms with Crippen LogP contribution in [0.2, 0.25) is 0 Å². The third kappa shape index (κ3) is 1.34. The molecule has 4 aromatic rings. The lowest BCUT2D eigenvalue weighted by atomic mass is 10.1. The van der Waals surface area contributed by atoms with E-state index in [0.29, 0.717) is 5.95 Å². The summed E-state index contributed by atoms with van der Waals surface area (Å²) in [7, 11) is 2.05. The molecule has 4 rings (SSSR count). The first-order chi connectivity index (χ1) is 9.25. The van der Waals surface area contributed by atoms with E-state index in [9.17, 15) is 0 Å². The molecule has 94 valence electrons. The first-order valence-electron chi connectivity index (χ1n) is 5.88. The lowest BCUT2D eigenvalue weighted by Crippen LogP contribution is -1.94. The van der Waals surface area contributed by atoms with E-state index in [1.54, 1.807) is 11.3 Å². The number of nitrogens with two attached hydrogens (primary N) is 1. The monoisotopic (exact) mass is 269 g/mol. The molecule has 6 heteroatoms. The summed E-state index contributed by atoms with van der Waals surface area (Å²) >= 11 is 1.55. The van der Waals surface area contributed by atoms with Gasteiger partial charge in [0.25, 0.3) is 0 Å². The summed E-state index contributed by atoms with van der Waals surface area (Å²) in [6, 6.07) is 8.32. The minimum Gasteiger partial charge on any atom is -0.368 e. The molecule has 0 fully saturated rings. The molecule has 0 spiro atoms. The fourth-order valence-electron chi connectivity index (χ4n) is 2.48. The van der Waals surface area contributed by atoms with Gasteiger partial charge in [0.2, 0.25) is 10.9 Å². The van der Waals surface area contributed by atoms with E-state index in [1.807, 2.05) is 23.6 Å². The number of thiazole rings is 1. The zero-order chi connectivity index (χ0) is 13.0. The van der Waals surface area contributed by atoms with E-state index in [1.165, 1.54) is 10.9 Å². The SMILES string of the molecule is Cn1cc(-c2csc3nnc(N)n23)c2ccccc21. The van der Waals surface area contributed by atoms with Crippen molar-refractivity contribution in [3.63, 3.8) is 0 Å². The van der Waals surface area contributed by atoms with Crippen molar-refractivity contribution in [1.82, 2.24) is 19.2 Å². The van der Waals surface area contributed by atoms with Crippen molar-refractivity contribution < 1.29 is 0 Å². The number of nitrogen functional groups attached to an aromatic ring is 1. The number of para-hydroxylation sites is 1. The number of hydrogen-bond acceptors (Lipinski definition) is 4. The van der Waals surface area contributed by atoms with Crippen LogP contribution >= 0.6 is 11.3 Å². The van der Waals surface area contributed by atoms with Gasteiger partial charge in [0.15, 0.2) is 0 Å². The molecular weight excluding hydrogens is 258 g/mol. The Labute approximate surface area is 112 Å². The van der Waals surface area contributed by atoms with Gasteiger partial charge in [-0.25, -0.2) is 0 Å². The Morgan fingerprint density at radius 2 is 2.05 bits per heavy atom. The first-order valence-corrected chi connectivity index (χ1v) is 6.76. The summed E-state index contributed by atoms with van der Waals surface area (Å²) in [5.74, 6) is 0.430. The van der Waals surface area contributed by atoms with Crippen molar-refractivity contribution in [2.24, 2.45) is 7.05 Å². The Balaban J connectivity index is 2.12. The maximum Gasteiger partial charge on any atom is 0.227 e. The molecule has 0 unspecified atom stereocenters. The second-order valence-corrected chi connectivity index (χ2v) is 5.30. The summed E-state index contributed by atoms with van der Waals surface area (Å²) in [5.41, 5.74) is 9.29.